The van der Waals surface area contributed by atoms with Gasteiger partial charge in [-0.2, -0.15) is 0 Å². The zero-order valence-electron chi connectivity index (χ0n) is 17.7. The molecular weight excluding hydrogens is 424 g/mol. The highest BCUT2D eigenvalue weighted by Gasteiger charge is 2.26. The van der Waals surface area contributed by atoms with Crippen molar-refractivity contribution in [2.24, 2.45) is 0 Å². The number of nitrogens with zero attached hydrogens (tertiary/aromatic N) is 2. The van der Waals surface area contributed by atoms with Crippen LogP contribution < -0.4 is 10.3 Å². The minimum atomic E-state index is 0.00707. The number of aryl methyl sites for hydroxylation is 2. The van der Waals surface area contributed by atoms with Crippen LogP contribution >= 0.6 is 23.1 Å². The van der Waals surface area contributed by atoms with Crippen molar-refractivity contribution in [2.75, 3.05) is 12.4 Å². The zero-order valence-corrected chi connectivity index (χ0v) is 19.3. The maximum atomic E-state index is 14.0. The average molecular weight is 449 g/mol. The summed E-state index contributed by atoms with van der Waals surface area (Å²) in [7, 11) is 0. The van der Waals surface area contributed by atoms with Crippen molar-refractivity contribution >= 4 is 33.3 Å². The van der Waals surface area contributed by atoms with Crippen molar-refractivity contribution in [3.63, 3.8) is 0 Å². The molecule has 0 saturated heterocycles. The summed E-state index contributed by atoms with van der Waals surface area (Å²) in [5.74, 6) is 1.61. The van der Waals surface area contributed by atoms with Crippen LogP contribution in [0.4, 0.5) is 0 Å². The van der Waals surface area contributed by atoms with Crippen LogP contribution in [0.25, 0.3) is 26.3 Å². The fourth-order valence-corrected chi connectivity index (χ4v) is 6.37. The Morgan fingerprint density at radius 1 is 1.10 bits per heavy atom. The molecule has 2 aromatic carbocycles. The maximum Gasteiger partial charge on any atom is 0.267 e. The highest BCUT2D eigenvalue weighted by atomic mass is 32.2. The number of fused-ring (bicyclic) bond motifs is 5. The van der Waals surface area contributed by atoms with E-state index in [0.717, 1.165) is 51.6 Å². The second-order valence-electron chi connectivity index (χ2n) is 7.53. The van der Waals surface area contributed by atoms with Crippen LogP contribution in [0.2, 0.25) is 0 Å². The lowest BCUT2D eigenvalue weighted by molar-refractivity contribution is 0.338. The Kier molecular flexibility index (Phi) is 5.59. The van der Waals surface area contributed by atoms with E-state index in [4.69, 9.17) is 9.72 Å². The number of thiophene rings is 1. The van der Waals surface area contributed by atoms with Crippen molar-refractivity contribution in [2.45, 2.75) is 38.3 Å². The number of hydrogen-bond donors (Lipinski definition) is 0. The SMILES string of the molecule is CCCSc1nc2sc3c(c2c(=O)n1-c1ccccc1OCC)CCc1ccccc1-3. The molecule has 0 saturated carbocycles. The minimum absolute atomic E-state index is 0.00707. The van der Waals surface area contributed by atoms with E-state index in [1.807, 2.05) is 31.2 Å². The van der Waals surface area contributed by atoms with E-state index in [9.17, 15) is 4.79 Å². The van der Waals surface area contributed by atoms with E-state index in [1.54, 1.807) is 27.7 Å². The van der Waals surface area contributed by atoms with Gasteiger partial charge in [0.2, 0.25) is 0 Å². The molecular formula is C25H24N2O2S2. The molecule has 158 valence electrons. The first-order valence-electron chi connectivity index (χ1n) is 10.7. The van der Waals surface area contributed by atoms with Gasteiger partial charge < -0.3 is 4.74 Å². The van der Waals surface area contributed by atoms with Crippen molar-refractivity contribution < 1.29 is 4.74 Å². The number of rotatable bonds is 6. The van der Waals surface area contributed by atoms with Crippen LogP contribution in [-0.2, 0) is 12.8 Å². The molecule has 0 fully saturated rings. The Morgan fingerprint density at radius 3 is 2.74 bits per heavy atom. The molecule has 5 rings (SSSR count). The smallest absolute Gasteiger partial charge is 0.267 e. The van der Waals surface area contributed by atoms with E-state index in [-0.39, 0.29) is 5.56 Å². The third-order valence-electron chi connectivity index (χ3n) is 5.54. The Hall–Kier alpha value is -2.57. The third kappa shape index (κ3) is 3.48. The monoisotopic (exact) mass is 448 g/mol. The van der Waals surface area contributed by atoms with E-state index in [1.165, 1.54) is 16.0 Å². The number of hydrogen-bond acceptors (Lipinski definition) is 5. The molecule has 0 amide bonds. The lowest BCUT2D eigenvalue weighted by Gasteiger charge is -2.17. The summed E-state index contributed by atoms with van der Waals surface area (Å²) in [4.78, 5) is 21.0. The summed E-state index contributed by atoms with van der Waals surface area (Å²) >= 11 is 3.29. The number of thioether (sulfide) groups is 1. The molecule has 0 N–H and O–H groups in total. The summed E-state index contributed by atoms with van der Waals surface area (Å²) in [6, 6.07) is 16.3. The van der Waals surface area contributed by atoms with Crippen molar-refractivity contribution in [1.29, 1.82) is 0 Å². The Bertz CT molecular complexity index is 1320. The molecule has 2 aromatic heterocycles. The van der Waals surface area contributed by atoms with Crippen molar-refractivity contribution in [1.82, 2.24) is 9.55 Å². The fraction of sp³-hybridized carbons (Fsp3) is 0.280. The molecule has 31 heavy (non-hydrogen) atoms. The van der Waals surface area contributed by atoms with Gasteiger partial charge in [0.25, 0.3) is 5.56 Å². The number of aromatic nitrogens is 2. The third-order valence-corrected chi connectivity index (χ3v) is 7.85. The quantitative estimate of drug-likeness (QED) is 0.264. The number of benzene rings is 2. The molecule has 2 heterocycles. The molecule has 0 aliphatic heterocycles. The fourth-order valence-electron chi connectivity index (χ4n) is 4.18. The molecule has 0 atom stereocenters. The molecule has 1 aliphatic carbocycles. The molecule has 1 aliphatic rings. The van der Waals surface area contributed by atoms with Gasteiger partial charge >= 0.3 is 0 Å². The Balaban J connectivity index is 1.80. The van der Waals surface area contributed by atoms with Crippen LogP contribution in [0.3, 0.4) is 0 Å². The first kappa shape index (κ1) is 20.3. The molecule has 0 bridgehead atoms. The summed E-state index contributed by atoms with van der Waals surface area (Å²) < 4.78 is 7.63. The molecule has 0 unspecified atom stereocenters. The summed E-state index contributed by atoms with van der Waals surface area (Å²) in [6.07, 6.45) is 2.84. The maximum absolute atomic E-state index is 14.0. The van der Waals surface area contributed by atoms with Gasteiger partial charge in [0, 0.05) is 10.6 Å². The molecule has 6 heteroatoms. The van der Waals surface area contributed by atoms with E-state index < -0.39 is 0 Å². The van der Waals surface area contributed by atoms with Gasteiger partial charge in [-0.15, -0.1) is 11.3 Å². The van der Waals surface area contributed by atoms with Crippen molar-refractivity contribution in [3.8, 4) is 21.9 Å². The minimum Gasteiger partial charge on any atom is -0.492 e. The Labute approximate surface area is 189 Å². The average Bonchev–Trinajstić information content (AvgIpc) is 3.18. The molecule has 4 nitrogen and oxygen atoms in total. The Morgan fingerprint density at radius 2 is 1.90 bits per heavy atom. The lowest BCUT2D eigenvalue weighted by Crippen LogP contribution is -2.23. The van der Waals surface area contributed by atoms with Gasteiger partial charge in [0.05, 0.1) is 17.7 Å². The van der Waals surface area contributed by atoms with Crippen LogP contribution in [0.5, 0.6) is 5.75 Å². The highest BCUT2D eigenvalue weighted by molar-refractivity contribution is 7.99. The molecule has 4 aromatic rings. The highest BCUT2D eigenvalue weighted by Crippen LogP contribution is 2.43. The first-order valence-corrected chi connectivity index (χ1v) is 12.5. The van der Waals surface area contributed by atoms with Gasteiger partial charge in [-0.05, 0) is 55.0 Å². The largest absolute Gasteiger partial charge is 0.492 e. The van der Waals surface area contributed by atoms with E-state index in [2.05, 4.69) is 31.2 Å². The number of ether oxygens (including phenoxy) is 1. The predicted octanol–water partition coefficient (Wildman–Crippen LogP) is 6.11. The number of para-hydroxylation sites is 2. The molecule has 0 spiro atoms. The van der Waals surface area contributed by atoms with Crippen LogP contribution in [-0.4, -0.2) is 21.9 Å². The normalized spacial score (nSPS) is 12.6. The van der Waals surface area contributed by atoms with E-state index in [0.29, 0.717) is 12.4 Å². The van der Waals surface area contributed by atoms with Crippen LogP contribution in [0, 0.1) is 0 Å². The summed E-state index contributed by atoms with van der Waals surface area (Å²) in [5, 5.41) is 1.50. The standard InChI is InChI=1S/C25H24N2O2S2/c1-3-15-30-25-26-23-21(18-14-13-16-9-5-6-10-17(16)22(18)31-23)24(28)27(25)19-11-7-8-12-20(19)29-4-2/h5-12H,3-4,13-15H2,1-2H3. The van der Waals surface area contributed by atoms with E-state index >= 15 is 0 Å². The summed E-state index contributed by atoms with van der Waals surface area (Å²) in [5.41, 5.74) is 4.51. The molecule has 0 radical (unpaired) electrons. The van der Waals surface area contributed by atoms with Crippen LogP contribution in [0.1, 0.15) is 31.4 Å². The second-order valence-corrected chi connectivity index (χ2v) is 9.59. The zero-order chi connectivity index (χ0) is 21.4. The second kappa shape index (κ2) is 8.52. The van der Waals surface area contributed by atoms with Gasteiger partial charge in [-0.25, -0.2) is 4.98 Å². The van der Waals surface area contributed by atoms with Gasteiger partial charge in [-0.3, -0.25) is 9.36 Å². The lowest BCUT2D eigenvalue weighted by atomic mass is 9.90. The topological polar surface area (TPSA) is 44.1 Å². The first-order chi connectivity index (χ1) is 15.2. The van der Waals surface area contributed by atoms with Crippen molar-refractivity contribution in [3.05, 3.63) is 70.0 Å². The van der Waals surface area contributed by atoms with Gasteiger partial charge in [0.15, 0.2) is 5.16 Å². The van der Waals surface area contributed by atoms with Crippen LogP contribution in [0.15, 0.2) is 58.5 Å². The summed E-state index contributed by atoms with van der Waals surface area (Å²) in [6.45, 7) is 4.65. The van der Waals surface area contributed by atoms with Gasteiger partial charge in [-0.1, -0.05) is 55.1 Å². The predicted molar refractivity (Wildman–Crippen MR) is 130 cm³/mol. The van der Waals surface area contributed by atoms with Gasteiger partial charge in [0.1, 0.15) is 10.6 Å².